The van der Waals surface area contributed by atoms with Crippen molar-refractivity contribution < 1.29 is 14.3 Å². The molecule has 0 aliphatic rings. The van der Waals surface area contributed by atoms with Crippen molar-refractivity contribution in [2.45, 2.75) is 12.8 Å². The number of hydrogen-bond acceptors (Lipinski definition) is 3. The van der Waals surface area contributed by atoms with Crippen molar-refractivity contribution in [3.05, 3.63) is 70.2 Å². The fraction of sp³-hybridized carbons (Fsp3) is 0.300. The lowest BCUT2D eigenvalue weighted by Crippen LogP contribution is -2.27. The number of carbonyl (C=O) groups is 2. The lowest BCUT2D eigenvalue weighted by atomic mass is 10.1. The Hall–Kier alpha value is -2.37. The number of rotatable bonds is 9. The van der Waals surface area contributed by atoms with E-state index in [1.807, 2.05) is 24.3 Å². The van der Waals surface area contributed by atoms with Gasteiger partial charge in [0.2, 0.25) is 0 Å². The number of hydrogen-bond donors (Lipinski definition) is 2. The van der Waals surface area contributed by atoms with Crippen molar-refractivity contribution >= 4 is 23.4 Å². The van der Waals surface area contributed by atoms with Gasteiger partial charge in [0.25, 0.3) is 11.8 Å². The van der Waals surface area contributed by atoms with E-state index < -0.39 is 0 Å². The van der Waals surface area contributed by atoms with Crippen LogP contribution in [-0.4, -0.2) is 38.6 Å². The smallest absolute Gasteiger partial charge is 0.251 e. The van der Waals surface area contributed by atoms with Crippen molar-refractivity contribution in [1.29, 1.82) is 0 Å². The Bertz CT molecular complexity index is 749. The summed E-state index contributed by atoms with van der Waals surface area (Å²) in [6.07, 6.45) is 1.43. The van der Waals surface area contributed by atoms with E-state index >= 15 is 0 Å². The molecule has 0 aromatic heterocycles. The molecular formula is C20H23ClN2O3. The summed E-state index contributed by atoms with van der Waals surface area (Å²) in [6.45, 7) is 1.62. The van der Waals surface area contributed by atoms with Gasteiger partial charge in [0, 0.05) is 43.0 Å². The summed E-state index contributed by atoms with van der Waals surface area (Å²) in [5.74, 6) is -0.407. The Balaban J connectivity index is 1.85. The van der Waals surface area contributed by atoms with E-state index in [4.69, 9.17) is 16.3 Å². The number of carbonyl (C=O) groups excluding carboxylic acids is 2. The number of halogens is 1. The molecule has 2 rings (SSSR count). The second-order valence-electron chi connectivity index (χ2n) is 5.82. The SMILES string of the molecule is COCCCNC(=O)c1cccc(C(=O)NCCc2cccc(Cl)c2)c1. The van der Waals surface area contributed by atoms with E-state index in [1.165, 1.54) is 0 Å². The molecule has 2 aromatic carbocycles. The van der Waals surface area contributed by atoms with E-state index in [1.54, 1.807) is 31.4 Å². The minimum Gasteiger partial charge on any atom is -0.385 e. The lowest BCUT2D eigenvalue weighted by Gasteiger charge is -2.08. The second kappa shape index (κ2) is 10.6. The highest BCUT2D eigenvalue weighted by Gasteiger charge is 2.10. The Kier molecular flexibility index (Phi) is 8.12. The predicted octanol–water partition coefficient (Wildman–Crippen LogP) is 3.08. The summed E-state index contributed by atoms with van der Waals surface area (Å²) in [4.78, 5) is 24.4. The highest BCUT2D eigenvalue weighted by Crippen LogP contribution is 2.11. The molecule has 0 bridgehead atoms. The van der Waals surface area contributed by atoms with Gasteiger partial charge >= 0.3 is 0 Å². The maximum absolute atomic E-state index is 12.3. The van der Waals surface area contributed by atoms with Crippen LogP contribution >= 0.6 is 11.6 Å². The third-order valence-corrected chi connectivity index (χ3v) is 4.02. The van der Waals surface area contributed by atoms with E-state index in [-0.39, 0.29) is 11.8 Å². The molecule has 0 saturated carbocycles. The summed E-state index contributed by atoms with van der Waals surface area (Å²) >= 11 is 5.95. The summed E-state index contributed by atoms with van der Waals surface area (Å²) in [5, 5.41) is 6.35. The van der Waals surface area contributed by atoms with Crippen molar-refractivity contribution in [3.8, 4) is 0 Å². The molecule has 6 heteroatoms. The van der Waals surface area contributed by atoms with Gasteiger partial charge in [-0.1, -0.05) is 29.8 Å². The minimum atomic E-state index is -0.207. The van der Waals surface area contributed by atoms with Gasteiger partial charge in [0.05, 0.1) is 0 Å². The summed E-state index contributed by atoms with van der Waals surface area (Å²) in [7, 11) is 1.62. The Morgan fingerprint density at radius 1 is 0.962 bits per heavy atom. The maximum atomic E-state index is 12.3. The van der Waals surface area contributed by atoms with Crippen LogP contribution in [0, 0.1) is 0 Å². The number of nitrogens with one attached hydrogen (secondary N) is 2. The molecule has 138 valence electrons. The van der Waals surface area contributed by atoms with Gasteiger partial charge in [-0.2, -0.15) is 0 Å². The molecule has 0 aliphatic carbocycles. The topological polar surface area (TPSA) is 67.4 Å². The average Bonchev–Trinajstić information content (AvgIpc) is 2.65. The van der Waals surface area contributed by atoms with E-state index in [0.717, 1.165) is 12.0 Å². The number of methoxy groups -OCH3 is 1. The minimum absolute atomic E-state index is 0.199. The molecule has 0 fully saturated rings. The first kappa shape index (κ1) is 19.9. The van der Waals surface area contributed by atoms with Crippen LogP contribution in [0.1, 0.15) is 32.7 Å². The molecule has 2 amide bonds. The van der Waals surface area contributed by atoms with Gasteiger partial charge in [-0.3, -0.25) is 9.59 Å². The van der Waals surface area contributed by atoms with Gasteiger partial charge in [-0.15, -0.1) is 0 Å². The third-order valence-electron chi connectivity index (χ3n) is 3.79. The van der Waals surface area contributed by atoms with Gasteiger partial charge in [-0.05, 0) is 48.7 Å². The van der Waals surface area contributed by atoms with Crippen LogP contribution in [0.3, 0.4) is 0 Å². The highest BCUT2D eigenvalue weighted by molar-refractivity contribution is 6.30. The molecule has 0 saturated heterocycles. The molecule has 0 radical (unpaired) electrons. The number of ether oxygens (including phenoxy) is 1. The second-order valence-corrected chi connectivity index (χ2v) is 6.26. The van der Waals surface area contributed by atoms with Crippen LogP contribution in [0.25, 0.3) is 0 Å². The van der Waals surface area contributed by atoms with Gasteiger partial charge in [0.15, 0.2) is 0 Å². The Morgan fingerprint density at radius 2 is 1.62 bits per heavy atom. The van der Waals surface area contributed by atoms with E-state index in [0.29, 0.717) is 42.3 Å². The van der Waals surface area contributed by atoms with Crippen molar-refractivity contribution in [1.82, 2.24) is 10.6 Å². The number of benzene rings is 2. The summed E-state index contributed by atoms with van der Waals surface area (Å²) in [6, 6.07) is 14.2. The molecule has 0 spiro atoms. The largest absolute Gasteiger partial charge is 0.385 e. The van der Waals surface area contributed by atoms with Gasteiger partial charge in [-0.25, -0.2) is 0 Å². The van der Waals surface area contributed by atoms with Gasteiger partial charge < -0.3 is 15.4 Å². The molecule has 5 nitrogen and oxygen atoms in total. The average molecular weight is 375 g/mol. The van der Waals surface area contributed by atoms with Crippen LogP contribution < -0.4 is 10.6 Å². The molecule has 0 heterocycles. The standard InChI is InChI=1S/C20H23ClN2O3/c1-26-12-4-10-22-19(24)16-6-3-7-17(14-16)20(25)23-11-9-15-5-2-8-18(21)13-15/h2-3,5-8,13-14H,4,9-12H2,1H3,(H,22,24)(H,23,25). The van der Waals surface area contributed by atoms with Crippen molar-refractivity contribution in [2.24, 2.45) is 0 Å². The zero-order valence-corrected chi connectivity index (χ0v) is 15.5. The predicted molar refractivity (Wildman–Crippen MR) is 103 cm³/mol. The molecule has 2 N–H and O–H groups in total. The first-order valence-electron chi connectivity index (χ1n) is 8.50. The summed E-state index contributed by atoms with van der Waals surface area (Å²) < 4.78 is 4.94. The van der Waals surface area contributed by atoms with Crippen molar-refractivity contribution in [2.75, 3.05) is 26.8 Å². The lowest BCUT2D eigenvalue weighted by molar-refractivity contribution is 0.0948. The molecule has 0 aliphatic heterocycles. The highest BCUT2D eigenvalue weighted by atomic mass is 35.5. The fourth-order valence-corrected chi connectivity index (χ4v) is 2.65. The molecule has 2 aromatic rings. The van der Waals surface area contributed by atoms with Crippen LogP contribution in [0.2, 0.25) is 5.02 Å². The van der Waals surface area contributed by atoms with Crippen LogP contribution in [0.15, 0.2) is 48.5 Å². The van der Waals surface area contributed by atoms with Crippen molar-refractivity contribution in [3.63, 3.8) is 0 Å². The molecule has 26 heavy (non-hydrogen) atoms. The zero-order chi connectivity index (χ0) is 18.8. The molecule has 0 atom stereocenters. The van der Waals surface area contributed by atoms with Crippen LogP contribution in [0.4, 0.5) is 0 Å². The fourth-order valence-electron chi connectivity index (χ4n) is 2.44. The Labute approximate surface area is 158 Å². The van der Waals surface area contributed by atoms with E-state index in [2.05, 4.69) is 10.6 Å². The number of amides is 2. The summed E-state index contributed by atoms with van der Waals surface area (Å²) in [5.41, 5.74) is 1.98. The molecule has 0 unspecified atom stereocenters. The first-order valence-corrected chi connectivity index (χ1v) is 8.88. The van der Waals surface area contributed by atoms with E-state index in [9.17, 15) is 9.59 Å². The first-order chi connectivity index (χ1) is 12.6. The Morgan fingerprint density at radius 3 is 2.27 bits per heavy atom. The third kappa shape index (κ3) is 6.50. The van der Waals surface area contributed by atoms with Crippen LogP contribution in [-0.2, 0) is 11.2 Å². The quantitative estimate of drug-likeness (QED) is 0.663. The monoisotopic (exact) mass is 374 g/mol. The maximum Gasteiger partial charge on any atom is 0.251 e. The molecular weight excluding hydrogens is 352 g/mol. The van der Waals surface area contributed by atoms with Gasteiger partial charge in [0.1, 0.15) is 0 Å². The zero-order valence-electron chi connectivity index (χ0n) is 14.8. The normalized spacial score (nSPS) is 10.4. The van der Waals surface area contributed by atoms with Crippen LogP contribution in [0.5, 0.6) is 0 Å².